The first kappa shape index (κ1) is 19.2. The second-order valence-corrected chi connectivity index (χ2v) is 10.5. The molecule has 0 unspecified atom stereocenters. The van der Waals surface area contributed by atoms with E-state index in [1.54, 1.807) is 11.1 Å². The first-order chi connectivity index (χ1) is 11.8. The van der Waals surface area contributed by atoms with Crippen LogP contribution in [0.3, 0.4) is 0 Å². The maximum atomic E-state index is 2.63. The highest BCUT2D eigenvalue weighted by molar-refractivity contribution is 5.21. The van der Waals surface area contributed by atoms with Crippen molar-refractivity contribution in [1.29, 1.82) is 0 Å². The van der Waals surface area contributed by atoms with Gasteiger partial charge in [0.1, 0.15) is 0 Å². The van der Waals surface area contributed by atoms with Gasteiger partial charge in [-0.05, 0) is 107 Å². The molecule has 0 spiro atoms. The highest BCUT2D eigenvalue weighted by Gasteiger charge is 2.45. The van der Waals surface area contributed by atoms with Crippen molar-refractivity contribution in [2.45, 2.75) is 99.3 Å². The Morgan fingerprint density at radius 3 is 2.48 bits per heavy atom. The van der Waals surface area contributed by atoms with Gasteiger partial charge in [-0.25, -0.2) is 0 Å². The lowest BCUT2D eigenvalue weighted by atomic mass is 9.69. The Morgan fingerprint density at radius 2 is 1.76 bits per heavy atom. The third-order valence-electron chi connectivity index (χ3n) is 8.47. The Bertz CT molecular complexity index is 534. The summed E-state index contributed by atoms with van der Waals surface area (Å²) >= 11 is 0. The minimum absolute atomic E-state index is 0.544. The molecule has 0 saturated heterocycles. The lowest BCUT2D eigenvalue weighted by molar-refractivity contribution is 0.156. The summed E-state index contributed by atoms with van der Waals surface area (Å²) in [5.41, 5.74) is 5.84. The van der Waals surface area contributed by atoms with Gasteiger partial charge in [0.25, 0.3) is 0 Å². The normalized spacial score (nSPS) is 45.3. The van der Waals surface area contributed by atoms with Crippen LogP contribution in [0.4, 0.5) is 0 Å². The Hall–Kier alpha value is -0.520. The predicted molar refractivity (Wildman–Crippen MR) is 111 cm³/mol. The molecule has 2 saturated carbocycles. The molecule has 0 aromatic rings. The van der Waals surface area contributed by atoms with Gasteiger partial charge < -0.3 is 0 Å². The average molecular weight is 343 g/mol. The zero-order valence-electron chi connectivity index (χ0n) is 17.8. The summed E-state index contributed by atoms with van der Waals surface area (Å²) in [5, 5.41) is 0. The van der Waals surface area contributed by atoms with Crippen LogP contribution in [0.25, 0.3) is 0 Å². The van der Waals surface area contributed by atoms with Crippen molar-refractivity contribution in [3.05, 3.63) is 22.8 Å². The topological polar surface area (TPSA) is 0 Å². The molecule has 0 aromatic heterocycles. The third-order valence-corrected chi connectivity index (χ3v) is 8.47. The highest BCUT2D eigenvalue weighted by Crippen LogP contribution is 2.54. The van der Waals surface area contributed by atoms with E-state index in [0.717, 1.165) is 29.6 Å². The van der Waals surface area contributed by atoms with Crippen molar-refractivity contribution >= 4 is 0 Å². The van der Waals surface area contributed by atoms with Gasteiger partial charge in [-0.2, -0.15) is 0 Å². The minimum Gasteiger partial charge on any atom is -0.0851 e. The molecule has 0 heteroatoms. The van der Waals surface area contributed by atoms with Gasteiger partial charge in [0.05, 0.1) is 0 Å². The van der Waals surface area contributed by atoms with Crippen LogP contribution in [0.1, 0.15) is 99.3 Å². The Balaban J connectivity index is 1.90. The van der Waals surface area contributed by atoms with Crippen LogP contribution in [0, 0.1) is 35.0 Å². The quantitative estimate of drug-likeness (QED) is 0.424. The molecule has 2 fully saturated rings. The van der Waals surface area contributed by atoms with E-state index in [2.05, 4.69) is 47.6 Å². The molecule has 142 valence electrons. The van der Waals surface area contributed by atoms with Crippen molar-refractivity contribution in [2.24, 2.45) is 35.0 Å². The molecule has 3 rings (SSSR count). The van der Waals surface area contributed by atoms with Gasteiger partial charge >= 0.3 is 0 Å². The van der Waals surface area contributed by atoms with Crippen molar-refractivity contribution < 1.29 is 0 Å². The summed E-state index contributed by atoms with van der Waals surface area (Å²) in [6.07, 6.45) is 15.2. The van der Waals surface area contributed by atoms with Crippen LogP contribution in [-0.4, -0.2) is 0 Å². The SMILES string of the molecule is C/C1=C2\CC[C@@H](C)[C@H]2CC/C(C)=C/C[C@@]2(C)CC[C@H](C(C)C)[C@@H]2CC1. The molecule has 25 heavy (non-hydrogen) atoms. The smallest absolute Gasteiger partial charge is 0.0172 e. The van der Waals surface area contributed by atoms with E-state index < -0.39 is 0 Å². The summed E-state index contributed by atoms with van der Waals surface area (Å²) in [4.78, 5) is 0. The van der Waals surface area contributed by atoms with E-state index in [9.17, 15) is 0 Å². The molecular formula is C25H42. The fourth-order valence-corrected chi connectivity index (χ4v) is 6.54. The number of rotatable bonds is 1. The van der Waals surface area contributed by atoms with E-state index in [-0.39, 0.29) is 0 Å². The fraction of sp³-hybridized carbons (Fsp3) is 0.840. The molecule has 0 amide bonds. The van der Waals surface area contributed by atoms with E-state index in [1.807, 2.05) is 5.57 Å². The van der Waals surface area contributed by atoms with Crippen LogP contribution in [0.2, 0.25) is 0 Å². The molecule has 0 aliphatic heterocycles. The Kier molecular flexibility index (Phi) is 5.86. The molecule has 0 heterocycles. The van der Waals surface area contributed by atoms with Crippen molar-refractivity contribution in [1.82, 2.24) is 0 Å². The van der Waals surface area contributed by atoms with Gasteiger partial charge in [-0.15, -0.1) is 0 Å². The molecule has 0 nitrogen and oxygen atoms in total. The summed E-state index contributed by atoms with van der Waals surface area (Å²) in [6, 6.07) is 0. The number of fused-ring (bicyclic) bond motifs is 2. The lowest BCUT2D eigenvalue weighted by Gasteiger charge is -2.36. The number of allylic oxidation sites excluding steroid dienone is 4. The zero-order chi connectivity index (χ0) is 18.2. The Labute approximate surface area is 157 Å². The number of hydrogen-bond acceptors (Lipinski definition) is 0. The average Bonchev–Trinajstić information content (AvgIpc) is 3.09. The maximum absolute atomic E-state index is 2.63. The van der Waals surface area contributed by atoms with E-state index in [0.29, 0.717) is 5.41 Å². The van der Waals surface area contributed by atoms with Gasteiger partial charge in [0.2, 0.25) is 0 Å². The molecule has 0 radical (unpaired) electrons. The number of hydrogen-bond donors (Lipinski definition) is 0. The van der Waals surface area contributed by atoms with Gasteiger partial charge in [-0.3, -0.25) is 0 Å². The second kappa shape index (κ2) is 7.61. The summed E-state index contributed by atoms with van der Waals surface area (Å²) in [6.45, 7) is 14.9. The standard InChI is InChI=1S/C25H42/c1-17(2)21-14-16-25(6)15-13-18(3)7-10-22-19(4)8-11-23(22)20(5)9-12-24(21)25/h13,17,19,21-22,24H,7-12,14-16H2,1-6H3/b18-13+,23-20-/t19-,21-,22-,24+,25+/m1/s1. The minimum atomic E-state index is 0.544. The van der Waals surface area contributed by atoms with Gasteiger partial charge in [-0.1, -0.05) is 50.5 Å². The third kappa shape index (κ3) is 3.93. The summed E-state index contributed by atoms with van der Waals surface area (Å²) < 4.78 is 0. The van der Waals surface area contributed by atoms with E-state index in [4.69, 9.17) is 0 Å². The van der Waals surface area contributed by atoms with Crippen LogP contribution < -0.4 is 0 Å². The molecule has 0 aromatic carbocycles. The first-order valence-electron chi connectivity index (χ1n) is 11.2. The summed E-state index contributed by atoms with van der Waals surface area (Å²) in [5.74, 6) is 4.48. The molecule has 3 aliphatic carbocycles. The Morgan fingerprint density at radius 1 is 1.00 bits per heavy atom. The summed E-state index contributed by atoms with van der Waals surface area (Å²) in [7, 11) is 0. The molecule has 5 atom stereocenters. The fourth-order valence-electron chi connectivity index (χ4n) is 6.54. The molecular weight excluding hydrogens is 300 g/mol. The first-order valence-corrected chi connectivity index (χ1v) is 11.2. The van der Waals surface area contributed by atoms with E-state index in [1.165, 1.54) is 57.8 Å². The van der Waals surface area contributed by atoms with Crippen LogP contribution in [-0.2, 0) is 0 Å². The molecule has 3 aliphatic rings. The molecule has 0 N–H and O–H groups in total. The second-order valence-electron chi connectivity index (χ2n) is 10.5. The monoisotopic (exact) mass is 342 g/mol. The highest BCUT2D eigenvalue weighted by atomic mass is 14.5. The van der Waals surface area contributed by atoms with Crippen molar-refractivity contribution in [3.63, 3.8) is 0 Å². The lowest BCUT2D eigenvalue weighted by Crippen LogP contribution is -2.27. The van der Waals surface area contributed by atoms with Crippen LogP contribution in [0.5, 0.6) is 0 Å². The van der Waals surface area contributed by atoms with Crippen molar-refractivity contribution in [3.8, 4) is 0 Å². The van der Waals surface area contributed by atoms with Gasteiger partial charge in [0.15, 0.2) is 0 Å². The molecule has 0 bridgehead atoms. The van der Waals surface area contributed by atoms with Crippen LogP contribution in [0.15, 0.2) is 22.8 Å². The maximum Gasteiger partial charge on any atom is -0.0172 e. The zero-order valence-corrected chi connectivity index (χ0v) is 17.8. The van der Waals surface area contributed by atoms with Crippen molar-refractivity contribution in [2.75, 3.05) is 0 Å². The predicted octanol–water partition coefficient (Wildman–Crippen LogP) is 7.95. The van der Waals surface area contributed by atoms with E-state index >= 15 is 0 Å². The largest absolute Gasteiger partial charge is 0.0851 e. The van der Waals surface area contributed by atoms with Crippen LogP contribution >= 0.6 is 0 Å². The van der Waals surface area contributed by atoms with Gasteiger partial charge in [0, 0.05) is 0 Å².